The molecule has 0 bridgehead atoms. The van der Waals surface area contributed by atoms with Gasteiger partial charge in [0.25, 0.3) is 0 Å². The van der Waals surface area contributed by atoms with Crippen LogP contribution in [0.5, 0.6) is 11.5 Å². The number of hydrogen-bond acceptors (Lipinski definition) is 4. The number of benzene rings is 2. The fraction of sp³-hybridized carbons (Fsp3) is 0.273. The predicted octanol–water partition coefficient (Wildman–Crippen LogP) is 3.96. The van der Waals surface area contributed by atoms with Gasteiger partial charge < -0.3 is 19.4 Å². The van der Waals surface area contributed by atoms with E-state index >= 15 is 0 Å². The minimum atomic E-state index is -0.195. The normalized spacial score (nSPS) is 12.2. The number of carbonyl (C=O) groups is 1. The zero-order valence-electron chi connectivity index (χ0n) is 16.4. The number of allylic oxidation sites excluding steroid dienone is 1. The largest absolute Gasteiger partial charge is 0.493 e. The number of methoxy groups -OCH3 is 1. The molecule has 0 aliphatic carbocycles. The van der Waals surface area contributed by atoms with Gasteiger partial charge in [-0.15, -0.1) is 0 Å². The highest BCUT2D eigenvalue weighted by atomic mass is 16.5. The molecule has 0 fully saturated rings. The number of amides is 1. The molecule has 1 unspecified atom stereocenters. The summed E-state index contributed by atoms with van der Waals surface area (Å²) in [5.74, 6) is 2.19. The van der Waals surface area contributed by atoms with E-state index in [0.29, 0.717) is 31.1 Å². The maximum atomic E-state index is 10.9. The molecule has 0 saturated carbocycles. The Labute approximate surface area is 164 Å². The second-order valence-electron chi connectivity index (χ2n) is 6.38. The number of hydrogen-bond donors (Lipinski definition) is 1. The molecule has 6 heteroatoms. The lowest BCUT2D eigenvalue weighted by Gasteiger charge is -2.15. The van der Waals surface area contributed by atoms with Crippen molar-refractivity contribution in [2.45, 2.75) is 26.4 Å². The summed E-state index contributed by atoms with van der Waals surface area (Å²) in [6, 6.07) is 13.6. The van der Waals surface area contributed by atoms with Crippen LogP contribution in [0.4, 0.5) is 0 Å². The SMILES string of the molecule is C/C=C/c1ccc(OCCn2c(C(C)NC=O)nc3ccccc32)c(OC)c1. The van der Waals surface area contributed by atoms with E-state index in [1.165, 1.54) is 0 Å². The summed E-state index contributed by atoms with van der Waals surface area (Å²) in [7, 11) is 1.63. The van der Waals surface area contributed by atoms with Gasteiger partial charge in [0.05, 0.1) is 30.7 Å². The molecule has 1 aromatic heterocycles. The number of imidazole rings is 1. The Hall–Kier alpha value is -3.28. The summed E-state index contributed by atoms with van der Waals surface area (Å²) < 4.78 is 13.5. The number of ether oxygens (including phenoxy) is 2. The third-order valence-corrected chi connectivity index (χ3v) is 4.51. The van der Waals surface area contributed by atoms with E-state index in [1.807, 2.05) is 68.5 Å². The summed E-state index contributed by atoms with van der Waals surface area (Å²) in [5.41, 5.74) is 2.96. The summed E-state index contributed by atoms with van der Waals surface area (Å²) in [6.07, 6.45) is 4.69. The quantitative estimate of drug-likeness (QED) is 0.572. The van der Waals surface area contributed by atoms with Crippen molar-refractivity contribution < 1.29 is 14.3 Å². The van der Waals surface area contributed by atoms with Crippen LogP contribution in [0.1, 0.15) is 31.3 Å². The van der Waals surface area contributed by atoms with E-state index < -0.39 is 0 Å². The first-order chi connectivity index (χ1) is 13.7. The van der Waals surface area contributed by atoms with Crippen molar-refractivity contribution in [2.75, 3.05) is 13.7 Å². The molecule has 1 N–H and O–H groups in total. The van der Waals surface area contributed by atoms with E-state index in [0.717, 1.165) is 22.4 Å². The topological polar surface area (TPSA) is 65.4 Å². The van der Waals surface area contributed by atoms with Crippen molar-refractivity contribution in [1.82, 2.24) is 14.9 Å². The van der Waals surface area contributed by atoms with Crippen molar-refractivity contribution in [3.8, 4) is 11.5 Å². The Morgan fingerprint density at radius 2 is 2.04 bits per heavy atom. The highest BCUT2D eigenvalue weighted by Crippen LogP contribution is 2.29. The van der Waals surface area contributed by atoms with Crippen LogP contribution in [0, 0.1) is 0 Å². The molecule has 1 amide bonds. The fourth-order valence-electron chi connectivity index (χ4n) is 3.18. The lowest BCUT2D eigenvalue weighted by molar-refractivity contribution is -0.110. The van der Waals surface area contributed by atoms with Gasteiger partial charge in [-0.2, -0.15) is 0 Å². The molecule has 3 rings (SSSR count). The third kappa shape index (κ3) is 4.17. The number of fused-ring (bicyclic) bond motifs is 1. The van der Waals surface area contributed by atoms with Crippen LogP contribution in [-0.2, 0) is 11.3 Å². The molecule has 0 aliphatic heterocycles. The first-order valence-electron chi connectivity index (χ1n) is 9.26. The summed E-state index contributed by atoms with van der Waals surface area (Å²) in [5, 5.41) is 2.78. The molecule has 0 saturated heterocycles. The van der Waals surface area contributed by atoms with Crippen molar-refractivity contribution in [2.24, 2.45) is 0 Å². The van der Waals surface area contributed by atoms with Gasteiger partial charge in [0, 0.05) is 0 Å². The Balaban J connectivity index is 1.80. The zero-order chi connectivity index (χ0) is 19.9. The lowest BCUT2D eigenvalue weighted by atomic mass is 10.2. The maximum absolute atomic E-state index is 10.9. The first kappa shape index (κ1) is 19.5. The number of nitrogens with one attached hydrogen (secondary N) is 1. The Bertz CT molecular complexity index is 978. The molecule has 1 heterocycles. The van der Waals surface area contributed by atoms with E-state index in [1.54, 1.807) is 7.11 Å². The molecular formula is C22H25N3O3. The monoisotopic (exact) mass is 379 g/mol. The minimum absolute atomic E-state index is 0.195. The first-order valence-corrected chi connectivity index (χ1v) is 9.26. The Morgan fingerprint density at radius 1 is 1.21 bits per heavy atom. The maximum Gasteiger partial charge on any atom is 0.207 e. The molecule has 1 atom stereocenters. The number of para-hydroxylation sites is 2. The van der Waals surface area contributed by atoms with Crippen LogP contribution in [-0.4, -0.2) is 29.7 Å². The van der Waals surface area contributed by atoms with E-state index in [-0.39, 0.29) is 6.04 Å². The predicted molar refractivity (Wildman–Crippen MR) is 111 cm³/mol. The van der Waals surface area contributed by atoms with Crippen molar-refractivity contribution >= 4 is 23.5 Å². The Morgan fingerprint density at radius 3 is 2.79 bits per heavy atom. The van der Waals surface area contributed by atoms with Crippen LogP contribution in [0.25, 0.3) is 17.1 Å². The standard InChI is InChI=1S/C22H25N3O3/c1-4-7-17-10-11-20(21(14-17)27-3)28-13-12-25-19-9-6-5-8-18(19)24-22(25)16(2)23-15-26/h4-11,14-16H,12-13H2,1-3H3,(H,23,26)/b7-4+. The zero-order valence-corrected chi connectivity index (χ0v) is 16.4. The summed E-state index contributed by atoms with van der Waals surface area (Å²) in [6.45, 7) is 4.93. The molecule has 0 spiro atoms. The minimum Gasteiger partial charge on any atom is -0.493 e. The number of aromatic nitrogens is 2. The lowest BCUT2D eigenvalue weighted by Crippen LogP contribution is -2.22. The molecule has 0 aliphatic rings. The number of rotatable bonds is 9. The molecule has 28 heavy (non-hydrogen) atoms. The average molecular weight is 379 g/mol. The van der Waals surface area contributed by atoms with Gasteiger partial charge in [0.2, 0.25) is 6.41 Å². The Kier molecular flexibility index (Phi) is 6.32. The molecule has 2 aromatic carbocycles. The smallest absolute Gasteiger partial charge is 0.207 e. The molecule has 3 aromatic rings. The van der Waals surface area contributed by atoms with E-state index in [4.69, 9.17) is 9.47 Å². The number of nitrogens with zero attached hydrogens (tertiary/aromatic N) is 2. The second-order valence-corrected chi connectivity index (χ2v) is 6.38. The summed E-state index contributed by atoms with van der Waals surface area (Å²) >= 11 is 0. The van der Waals surface area contributed by atoms with Crippen molar-refractivity contribution in [3.05, 3.63) is 59.9 Å². The fourth-order valence-corrected chi connectivity index (χ4v) is 3.18. The van der Waals surface area contributed by atoms with Gasteiger partial charge in [-0.05, 0) is 43.7 Å². The molecule has 6 nitrogen and oxygen atoms in total. The second kappa shape index (κ2) is 9.08. The highest BCUT2D eigenvalue weighted by molar-refractivity contribution is 5.76. The molecular weight excluding hydrogens is 354 g/mol. The van der Waals surface area contributed by atoms with Gasteiger partial charge in [-0.3, -0.25) is 4.79 Å². The summed E-state index contributed by atoms with van der Waals surface area (Å²) in [4.78, 5) is 15.5. The van der Waals surface area contributed by atoms with Crippen LogP contribution in [0.3, 0.4) is 0 Å². The molecule has 146 valence electrons. The van der Waals surface area contributed by atoms with Crippen LogP contribution in [0.15, 0.2) is 48.5 Å². The van der Waals surface area contributed by atoms with Gasteiger partial charge in [-0.1, -0.05) is 30.4 Å². The van der Waals surface area contributed by atoms with Crippen LogP contribution in [0.2, 0.25) is 0 Å². The highest BCUT2D eigenvalue weighted by Gasteiger charge is 2.16. The van der Waals surface area contributed by atoms with E-state index in [9.17, 15) is 4.79 Å². The average Bonchev–Trinajstić information content (AvgIpc) is 3.08. The van der Waals surface area contributed by atoms with Crippen molar-refractivity contribution in [3.63, 3.8) is 0 Å². The van der Waals surface area contributed by atoms with Gasteiger partial charge in [0.15, 0.2) is 11.5 Å². The molecule has 0 radical (unpaired) electrons. The number of carbonyl (C=O) groups excluding carboxylic acids is 1. The van der Waals surface area contributed by atoms with Crippen molar-refractivity contribution in [1.29, 1.82) is 0 Å². The van der Waals surface area contributed by atoms with E-state index in [2.05, 4.69) is 14.9 Å². The van der Waals surface area contributed by atoms with Gasteiger partial charge >= 0.3 is 0 Å². The van der Waals surface area contributed by atoms with Gasteiger partial charge in [-0.25, -0.2) is 4.98 Å². The van der Waals surface area contributed by atoms with Crippen LogP contribution >= 0.6 is 0 Å². The third-order valence-electron chi connectivity index (χ3n) is 4.51. The van der Waals surface area contributed by atoms with Gasteiger partial charge in [0.1, 0.15) is 12.4 Å². The van der Waals surface area contributed by atoms with Crippen LogP contribution < -0.4 is 14.8 Å².